The second kappa shape index (κ2) is 11.5. The summed E-state index contributed by atoms with van der Waals surface area (Å²) in [5.74, 6) is -1.07. The van der Waals surface area contributed by atoms with Gasteiger partial charge in [0.05, 0.1) is 12.5 Å². The number of anilines is 2. The Kier molecular flexibility index (Phi) is 9.04. The van der Waals surface area contributed by atoms with Crippen molar-refractivity contribution in [2.24, 2.45) is 11.8 Å². The number of unbranched alkanes of at least 4 members (excludes halogenated alkanes) is 1. The molecule has 1 aromatic heterocycles. The number of hydrogen-bond acceptors (Lipinski definition) is 7. The van der Waals surface area contributed by atoms with Crippen molar-refractivity contribution in [1.82, 2.24) is 20.5 Å². The maximum absolute atomic E-state index is 14.6. The van der Waals surface area contributed by atoms with Crippen LogP contribution in [0.15, 0.2) is 0 Å². The summed E-state index contributed by atoms with van der Waals surface area (Å²) in [4.78, 5) is 31.5. The standard InChI is InChI=1S/C19H31FN6O3/c1-3-4-9-21-17-16(20)18(23-13(2)22-17)24-25-19(28)15(11-26(29)12-27)10-14-7-5-6-8-14/h12,14-15,29H,3-11H2,1-2H3,(H,25,28)(H2,21,22,23,24)/t15-/m0/s1. The molecule has 1 aliphatic rings. The number of aryl methyl sites for hydroxylation is 1. The zero-order valence-electron chi connectivity index (χ0n) is 17.1. The van der Waals surface area contributed by atoms with Crippen LogP contribution in [0.3, 0.4) is 0 Å². The molecule has 1 heterocycles. The fourth-order valence-corrected chi connectivity index (χ4v) is 3.55. The van der Waals surface area contributed by atoms with Gasteiger partial charge in [0.2, 0.25) is 18.1 Å². The van der Waals surface area contributed by atoms with Gasteiger partial charge in [0, 0.05) is 6.54 Å². The number of amides is 2. The number of carbonyl (C=O) groups is 2. The molecule has 0 unspecified atom stereocenters. The average Bonchev–Trinajstić information content (AvgIpc) is 3.21. The molecular weight excluding hydrogens is 379 g/mol. The largest absolute Gasteiger partial charge is 0.367 e. The number of hydrazine groups is 1. The number of nitrogens with one attached hydrogen (secondary N) is 3. The number of aromatic nitrogens is 2. The lowest BCUT2D eigenvalue weighted by atomic mass is 9.92. The Balaban J connectivity index is 2.02. The van der Waals surface area contributed by atoms with Crippen molar-refractivity contribution >= 4 is 24.0 Å². The summed E-state index contributed by atoms with van der Waals surface area (Å²) in [7, 11) is 0. The molecule has 2 rings (SSSR count). The van der Waals surface area contributed by atoms with Crippen LogP contribution in [0.25, 0.3) is 0 Å². The zero-order valence-corrected chi connectivity index (χ0v) is 17.1. The van der Waals surface area contributed by atoms with Gasteiger partial charge in [0.15, 0.2) is 11.6 Å². The Morgan fingerprint density at radius 3 is 2.69 bits per heavy atom. The fraction of sp³-hybridized carbons (Fsp3) is 0.684. The summed E-state index contributed by atoms with van der Waals surface area (Å²) in [6.45, 7) is 4.12. The maximum Gasteiger partial charge on any atom is 0.243 e. The van der Waals surface area contributed by atoms with E-state index in [1.54, 1.807) is 6.92 Å². The van der Waals surface area contributed by atoms with E-state index in [1.165, 1.54) is 0 Å². The van der Waals surface area contributed by atoms with Crippen molar-refractivity contribution in [2.75, 3.05) is 23.8 Å². The van der Waals surface area contributed by atoms with E-state index < -0.39 is 17.6 Å². The van der Waals surface area contributed by atoms with Crippen molar-refractivity contribution in [2.45, 2.75) is 58.8 Å². The van der Waals surface area contributed by atoms with Crippen LogP contribution in [0, 0.1) is 24.6 Å². The fourth-order valence-electron chi connectivity index (χ4n) is 3.55. The summed E-state index contributed by atoms with van der Waals surface area (Å²) >= 11 is 0. The van der Waals surface area contributed by atoms with Gasteiger partial charge >= 0.3 is 0 Å². The predicted molar refractivity (Wildman–Crippen MR) is 107 cm³/mol. The quantitative estimate of drug-likeness (QED) is 0.181. The minimum atomic E-state index is -0.684. The molecule has 0 spiro atoms. The van der Waals surface area contributed by atoms with Crippen LogP contribution < -0.4 is 16.2 Å². The molecule has 162 valence electrons. The normalized spacial score (nSPS) is 15.0. The van der Waals surface area contributed by atoms with Gasteiger partial charge < -0.3 is 5.32 Å². The van der Waals surface area contributed by atoms with Crippen molar-refractivity contribution in [3.8, 4) is 0 Å². The second-order valence-electron chi connectivity index (χ2n) is 7.49. The lowest BCUT2D eigenvalue weighted by molar-refractivity contribution is -0.154. The molecule has 0 aromatic carbocycles. The third-order valence-electron chi connectivity index (χ3n) is 5.08. The zero-order chi connectivity index (χ0) is 21.2. The molecule has 29 heavy (non-hydrogen) atoms. The van der Waals surface area contributed by atoms with Gasteiger partial charge in [-0.05, 0) is 25.7 Å². The molecule has 4 N–H and O–H groups in total. The number of halogens is 1. The van der Waals surface area contributed by atoms with Gasteiger partial charge in [-0.3, -0.25) is 25.6 Å². The van der Waals surface area contributed by atoms with Crippen LogP contribution in [0.5, 0.6) is 0 Å². The first-order valence-corrected chi connectivity index (χ1v) is 10.2. The first-order chi connectivity index (χ1) is 13.9. The molecule has 1 aromatic rings. The number of hydroxylamine groups is 2. The summed E-state index contributed by atoms with van der Waals surface area (Å²) in [5.41, 5.74) is 4.99. The molecule has 1 fully saturated rings. The van der Waals surface area contributed by atoms with Crippen LogP contribution in [0.1, 0.15) is 57.7 Å². The van der Waals surface area contributed by atoms with E-state index in [9.17, 15) is 19.2 Å². The van der Waals surface area contributed by atoms with Crippen LogP contribution >= 0.6 is 0 Å². The van der Waals surface area contributed by atoms with Crippen LogP contribution in [0.2, 0.25) is 0 Å². The molecule has 10 heteroatoms. The van der Waals surface area contributed by atoms with Crippen LogP contribution in [0.4, 0.5) is 16.0 Å². The van der Waals surface area contributed by atoms with Gasteiger partial charge in [-0.1, -0.05) is 39.0 Å². The highest BCUT2D eigenvalue weighted by Crippen LogP contribution is 2.30. The summed E-state index contributed by atoms with van der Waals surface area (Å²) in [6.07, 6.45) is 6.94. The molecule has 0 saturated heterocycles. The average molecular weight is 410 g/mol. The SMILES string of the molecule is CCCCNc1nc(C)nc(NNC(=O)[C@@H](CC2CCCC2)CN(O)C=O)c1F. The number of rotatable bonds is 12. The van der Waals surface area contributed by atoms with Gasteiger partial charge in [-0.25, -0.2) is 15.0 Å². The Morgan fingerprint density at radius 1 is 1.34 bits per heavy atom. The molecule has 1 saturated carbocycles. The third kappa shape index (κ3) is 7.12. The lowest BCUT2D eigenvalue weighted by Crippen LogP contribution is -2.41. The maximum atomic E-state index is 14.6. The Hall–Kier alpha value is -2.49. The van der Waals surface area contributed by atoms with Gasteiger partial charge in [-0.15, -0.1) is 0 Å². The van der Waals surface area contributed by atoms with E-state index in [-0.39, 0.29) is 24.6 Å². The Bertz CT molecular complexity index is 684. The first-order valence-electron chi connectivity index (χ1n) is 10.2. The minimum absolute atomic E-state index is 0.0766. The highest BCUT2D eigenvalue weighted by molar-refractivity contribution is 5.80. The van der Waals surface area contributed by atoms with Crippen molar-refractivity contribution in [3.63, 3.8) is 0 Å². The molecule has 2 amide bonds. The van der Waals surface area contributed by atoms with E-state index in [4.69, 9.17) is 0 Å². The van der Waals surface area contributed by atoms with E-state index in [0.717, 1.165) is 38.5 Å². The van der Waals surface area contributed by atoms with Gasteiger partial charge in [0.1, 0.15) is 5.82 Å². The topological polar surface area (TPSA) is 119 Å². The molecule has 0 radical (unpaired) electrons. The number of hydrogen-bond donors (Lipinski definition) is 4. The minimum Gasteiger partial charge on any atom is -0.367 e. The van der Waals surface area contributed by atoms with Crippen molar-refractivity contribution in [3.05, 3.63) is 11.6 Å². The van der Waals surface area contributed by atoms with E-state index >= 15 is 0 Å². The van der Waals surface area contributed by atoms with Crippen LogP contribution in [-0.2, 0) is 9.59 Å². The Morgan fingerprint density at radius 2 is 2.03 bits per heavy atom. The smallest absolute Gasteiger partial charge is 0.243 e. The highest BCUT2D eigenvalue weighted by atomic mass is 19.1. The number of carbonyl (C=O) groups excluding carboxylic acids is 2. The highest BCUT2D eigenvalue weighted by Gasteiger charge is 2.27. The molecule has 1 atom stereocenters. The van der Waals surface area contributed by atoms with E-state index in [2.05, 4.69) is 26.1 Å². The van der Waals surface area contributed by atoms with Gasteiger partial charge in [0.25, 0.3) is 0 Å². The third-order valence-corrected chi connectivity index (χ3v) is 5.08. The van der Waals surface area contributed by atoms with Crippen LogP contribution in [-0.4, -0.2) is 45.6 Å². The molecule has 9 nitrogen and oxygen atoms in total. The summed E-state index contributed by atoms with van der Waals surface area (Å²) in [6, 6.07) is 0. The first kappa shape index (κ1) is 22.8. The molecule has 1 aliphatic carbocycles. The van der Waals surface area contributed by atoms with E-state index in [0.29, 0.717) is 29.8 Å². The van der Waals surface area contributed by atoms with Crippen molar-refractivity contribution in [1.29, 1.82) is 0 Å². The van der Waals surface area contributed by atoms with Crippen molar-refractivity contribution < 1.29 is 19.2 Å². The molecule has 0 bridgehead atoms. The lowest BCUT2D eigenvalue weighted by Gasteiger charge is -2.22. The summed E-state index contributed by atoms with van der Waals surface area (Å²) < 4.78 is 14.6. The summed E-state index contributed by atoms with van der Waals surface area (Å²) in [5, 5.41) is 12.9. The Labute approximate surface area is 170 Å². The van der Waals surface area contributed by atoms with Gasteiger partial charge in [-0.2, -0.15) is 4.39 Å². The molecular formula is C19H31FN6O3. The molecule has 0 aliphatic heterocycles. The number of nitrogens with zero attached hydrogens (tertiary/aromatic N) is 3. The monoisotopic (exact) mass is 410 g/mol. The predicted octanol–water partition coefficient (Wildman–Crippen LogP) is 2.62. The van der Waals surface area contributed by atoms with E-state index in [1.807, 2.05) is 6.92 Å². The second-order valence-corrected chi connectivity index (χ2v) is 7.49.